The number of benzene rings is 2. The van der Waals surface area contributed by atoms with Gasteiger partial charge in [-0.05, 0) is 42.0 Å². The van der Waals surface area contributed by atoms with E-state index in [9.17, 15) is 9.90 Å². The summed E-state index contributed by atoms with van der Waals surface area (Å²) in [5.41, 5.74) is 2.08. The predicted octanol–water partition coefficient (Wildman–Crippen LogP) is 3.70. The first kappa shape index (κ1) is 18.2. The maximum absolute atomic E-state index is 13.3. The van der Waals surface area contributed by atoms with Gasteiger partial charge in [-0.1, -0.05) is 55.3 Å². The fraction of sp³-hybridized carbons (Fsp3) is 0.435. The highest BCUT2D eigenvalue weighted by molar-refractivity contribution is 5.95. The molecule has 4 heteroatoms. The lowest BCUT2D eigenvalue weighted by atomic mass is 9.87. The molecular formula is C23H27NO3. The molecule has 2 fully saturated rings. The molecule has 1 amide bonds. The fourth-order valence-corrected chi connectivity index (χ4v) is 4.51. The number of morpholine rings is 1. The van der Waals surface area contributed by atoms with Gasteiger partial charge in [-0.2, -0.15) is 0 Å². The van der Waals surface area contributed by atoms with Gasteiger partial charge in [0.05, 0.1) is 19.8 Å². The van der Waals surface area contributed by atoms with Crippen LogP contribution in [0.5, 0.6) is 0 Å². The highest BCUT2D eigenvalue weighted by Gasteiger charge is 2.43. The van der Waals surface area contributed by atoms with Crippen LogP contribution in [0.2, 0.25) is 0 Å². The number of carbonyl (C=O) groups excluding carboxylic acids is 1. The van der Waals surface area contributed by atoms with E-state index in [0.717, 1.165) is 5.56 Å². The Morgan fingerprint density at radius 1 is 1.07 bits per heavy atom. The lowest BCUT2D eigenvalue weighted by molar-refractivity contribution is -0.0785. The minimum Gasteiger partial charge on any atom is -0.393 e. The number of hydrogen-bond acceptors (Lipinski definition) is 3. The Labute approximate surface area is 160 Å². The van der Waals surface area contributed by atoms with Crippen molar-refractivity contribution in [3.05, 3.63) is 71.3 Å². The van der Waals surface area contributed by atoms with E-state index < -0.39 is 5.54 Å². The molecule has 0 bridgehead atoms. The summed E-state index contributed by atoms with van der Waals surface area (Å²) in [6, 6.07) is 17.8. The van der Waals surface area contributed by atoms with E-state index in [4.69, 9.17) is 4.74 Å². The van der Waals surface area contributed by atoms with E-state index in [-0.39, 0.29) is 12.5 Å². The molecule has 0 spiro atoms. The van der Waals surface area contributed by atoms with Crippen LogP contribution in [0.1, 0.15) is 53.1 Å². The zero-order chi connectivity index (χ0) is 18.7. The van der Waals surface area contributed by atoms with Gasteiger partial charge in [-0.25, -0.2) is 0 Å². The third kappa shape index (κ3) is 3.40. The molecule has 27 heavy (non-hydrogen) atoms. The third-order valence-electron chi connectivity index (χ3n) is 6.12. The van der Waals surface area contributed by atoms with Crippen LogP contribution in [0.15, 0.2) is 54.6 Å². The van der Waals surface area contributed by atoms with Gasteiger partial charge in [-0.15, -0.1) is 0 Å². The molecule has 2 aromatic carbocycles. The third-order valence-corrected chi connectivity index (χ3v) is 6.12. The molecule has 1 aliphatic carbocycles. The molecule has 1 saturated heterocycles. The molecule has 142 valence electrons. The fourth-order valence-electron chi connectivity index (χ4n) is 4.51. The molecule has 1 atom stereocenters. The number of nitrogens with zero attached hydrogens (tertiary/aromatic N) is 1. The second-order valence-electron chi connectivity index (χ2n) is 7.67. The molecule has 1 unspecified atom stereocenters. The molecule has 4 nitrogen and oxygen atoms in total. The van der Waals surface area contributed by atoms with E-state index in [1.165, 1.54) is 31.2 Å². The van der Waals surface area contributed by atoms with E-state index >= 15 is 0 Å². The second-order valence-corrected chi connectivity index (χ2v) is 7.67. The molecule has 0 aromatic heterocycles. The molecule has 2 aliphatic rings. The van der Waals surface area contributed by atoms with Crippen LogP contribution in [0, 0.1) is 0 Å². The van der Waals surface area contributed by atoms with Gasteiger partial charge in [0.15, 0.2) is 0 Å². The van der Waals surface area contributed by atoms with Gasteiger partial charge in [0.2, 0.25) is 0 Å². The SMILES string of the molecule is O=C(c1ccc(C2CCCC2)cc1)N1CCOCC1(CO)c1ccccc1. The Morgan fingerprint density at radius 3 is 2.44 bits per heavy atom. The number of hydrogen-bond donors (Lipinski definition) is 1. The Balaban J connectivity index is 1.62. The van der Waals surface area contributed by atoms with E-state index in [1.54, 1.807) is 4.90 Å². The van der Waals surface area contributed by atoms with Crippen molar-refractivity contribution in [2.75, 3.05) is 26.4 Å². The largest absolute Gasteiger partial charge is 0.393 e. The van der Waals surface area contributed by atoms with Gasteiger partial charge in [0.25, 0.3) is 5.91 Å². The Morgan fingerprint density at radius 2 is 1.78 bits per heavy atom. The van der Waals surface area contributed by atoms with Crippen molar-refractivity contribution in [2.24, 2.45) is 0 Å². The summed E-state index contributed by atoms with van der Waals surface area (Å²) in [7, 11) is 0. The number of carbonyl (C=O) groups is 1. The highest BCUT2D eigenvalue weighted by Crippen LogP contribution is 2.35. The summed E-state index contributed by atoms with van der Waals surface area (Å²) in [5.74, 6) is 0.590. The monoisotopic (exact) mass is 365 g/mol. The molecule has 1 saturated carbocycles. The lowest BCUT2D eigenvalue weighted by Gasteiger charge is -2.46. The molecule has 0 radical (unpaired) electrons. The Bertz CT molecular complexity index is 768. The summed E-state index contributed by atoms with van der Waals surface area (Å²) < 4.78 is 5.68. The number of aliphatic hydroxyl groups is 1. The molecule has 1 aliphatic heterocycles. The van der Waals surface area contributed by atoms with Crippen LogP contribution in [0.25, 0.3) is 0 Å². The van der Waals surface area contributed by atoms with Crippen LogP contribution in [0.3, 0.4) is 0 Å². The summed E-state index contributed by atoms with van der Waals surface area (Å²) in [5, 5.41) is 10.3. The normalized spacial score (nSPS) is 23.5. The van der Waals surface area contributed by atoms with Crippen molar-refractivity contribution in [2.45, 2.75) is 37.1 Å². The smallest absolute Gasteiger partial charge is 0.254 e. The van der Waals surface area contributed by atoms with Crippen LogP contribution < -0.4 is 0 Å². The molecule has 1 heterocycles. The minimum atomic E-state index is -0.833. The van der Waals surface area contributed by atoms with Gasteiger partial charge < -0.3 is 14.7 Å². The summed E-state index contributed by atoms with van der Waals surface area (Å²) >= 11 is 0. The highest BCUT2D eigenvalue weighted by atomic mass is 16.5. The standard InChI is InChI=1S/C23H27NO3/c25-16-23(21-8-2-1-3-9-21)17-27-15-14-24(23)22(26)20-12-10-19(11-13-20)18-6-4-5-7-18/h1-3,8-13,18,25H,4-7,14-17H2. The van der Waals surface area contributed by atoms with E-state index in [0.29, 0.717) is 31.2 Å². The van der Waals surface area contributed by atoms with Gasteiger partial charge >= 0.3 is 0 Å². The Kier molecular flexibility index (Phi) is 5.28. The van der Waals surface area contributed by atoms with Crippen molar-refractivity contribution < 1.29 is 14.6 Å². The number of amides is 1. The summed E-state index contributed by atoms with van der Waals surface area (Å²) in [4.78, 5) is 15.1. The quantitative estimate of drug-likeness (QED) is 0.899. The zero-order valence-corrected chi connectivity index (χ0v) is 15.6. The zero-order valence-electron chi connectivity index (χ0n) is 15.6. The lowest BCUT2D eigenvalue weighted by Crippen LogP contribution is -2.59. The summed E-state index contributed by atoms with van der Waals surface area (Å²) in [6.45, 7) is 1.10. The molecule has 2 aromatic rings. The van der Waals surface area contributed by atoms with Crippen molar-refractivity contribution >= 4 is 5.91 Å². The van der Waals surface area contributed by atoms with Gasteiger partial charge in [0, 0.05) is 12.1 Å². The average molecular weight is 365 g/mol. The topological polar surface area (TPSA) is 49.8 Å². The van der Waals surface area contributed by atoms with Crippen molar-refractivity contribution in [1.82, 2.24) is 4.90 Å². The first-order valence-corrected chi connectivity index (χ1v) is 9.91. The van der Waals surface area contributed by atoms with Crippen molar-refractivity contribution in [3.63, 3.8) is 0 Å². The van der Waals surface area contributed by atoms with Crippen LogP contribution in [-0.4, -0.2) is 42.3 Å². The predicted molar refractivity (Wildman–Crippen MR) is 105 cm³/mol. The van der Waals surface area contributed by atoms with Crippen molar-refractivity contribution in [1.29, 1.82) is 0 Å². The Hall–Kier alpha value is -2.17. The maximum Gasteiger partial charge on any atom is 0.254 e. The number of ether oxygens (including phenoxy) is 1. The molecular weight excluding hydrogens is 338 g/mol. The van der Waals surface area contributed by atoms with E-state index in [2.05, 4.69) is 12.1 Å². The summed E-state index contributed by atoms with van der Waals surface area (Å²) in [6.07, 6.45) is 5.10. The second kappa shape index (κ2) is 7.83. The maximum atomic E-state index is 13.3. The van der Waals surface area contributed by atoms with Gasteiger partial charge in [0.1, 0.15) is 5.54 Å². The van der Waals surface area contributed by atoms with Crippen LogP contribution in [0.4, 0.5) is 0 Å². The first-order valence-electron chi connectivity index (χ1n) is 9.91. The minimum absolute atomic E-state index is 0.0471. The van der Waals surface area contributed by atoms with Crippen LogP contribution >= 0.6 is 0 Å². The van der Waals surface area contributed by atoms with Crippen molar-refractivity contribution in [3.8, 4) is 0 Å². The van der Waals surface area contributed by atoms with Gasteiger partial charge in [-0.3, -0.25) is 4.79 Å². The number of aliphatic hydroxyl groups excluding tert-OH is 1. The molecule has 4 rings (SSSR count). The van der Waals surface area contributed by atoms with Crippen LogP contribution in [-0.2, 0) is 10.3 Å². The first-order chi connectivity index (χ1) is 13.2. The average Bonchev–Trinajstić information content (AvgIpc) is 3.29. The number of rotatable bonds is 4. The van der Waals surface area contributed by atoms with E-state index in [1.807, 2.05) is 42.5 Å². The molecule has 1 N–H and O–H groups in total.